The normalized spacial score (nSPS) is 10.2. The fraction of sp³-hybridized carbons (Fsp3) is 0.286. The van der Waals surface area contributed by atoms with Crippen LogP contribution in [0.4, 0.5) is 5.82 Å². The van der Waals surface area contributed by atoms with Crippen LogP contribution in [-0.2, 0) is 6.61 Å². The monoisotopic (exact) mass is 275 g/mol. The first kappa shape index (κ1) is 14.1. The van der Waals surface area contributed by atoms with Crippen LogP contribution in [0.5, 0.6) is 17.4 Å². The standard InChI is InChI=1S/C14H17N3O3/c1-3-16-13-7-15-8-14(17-13)20-11-5-4-10(9-18)6-12(11)19-2/h4-8,18H,3,9H2,1-2H3,(H,16,17). The third-order valence-electron chi connectivity index (χ3n) is 2.60. The molecule has 0 saturated carbocycles. The van der Waals surface area contributed by atoms with Gasteiger partial charge in [0.25, 0.3) is 0 Å². The van der Waals surface area contributed by atoms with Crippen LogP contribution in [0.15, 0.2) is 30.6 Å². The van der Waals surface area contributed by atoms with Crippen molar-refractivity contribution in [2.45, 2.75) is 13.5 Å². The van der Waals surface area contributed by atoms with E-state index in [1.54, 1.807) is 31.5 Å². The molecule has 2 rings (SSSR count). The van der Waals surface area contributed by atoms with Crippen molar-refractivity contribution in [2.24, 2.45) is 0 Å². The Balaban J connectivity index is 2.22. The third-order valence-corrected chi connectivity index (χ3v) is 2.60. The summed E-state index contributed by atoms with van der Waals surface area (Å²) in [5.41, 5.74) is 0.752. The summed E-state index contributed by atoms with van der Waals surface area (Å²) in [6.45, 7) is 2.69. The molecule has 0 bridgehead atoms. The SMILES string of the molecule is CCNc1cncc(Oc2ccc(CO)cc2OC)n1. The molecule has 0 aliphatic heterocycles. The summed E-state index contributed by atoms with van der Waals surface area (Å²) < 4.78 is 10.9. The lowest BCUT2D eigenvalue weighted by atomic mass is 10.2. The average Bonchev–Trinajstić information content (AvgIpc) is 2.48. The Bertz CT molecular complexity index is 575. The summed E-state index contributed by atoms with van der Waals surface area (Å²) >= 11 is 0. The van der Waals surface area contributed by atoms with Crippen molar-refractivity contribution in [3.8, 4) is 17.4 Å². The highest BCUT2D eigenvalue weighted by Crippen LogP contribution is 2.31. The summed E-state index contributed by atoms with van der Waals surface area (Å²) in [6, 6.07) is 5.21. The molecule has 0 aliphatic rings. The Hall–Kier alpha value is -2.34. The molecule has 2 aromatic rings. The number of ether oxygens (including phenoxy) is 2. The molecule has 1 heterocycles. The molecule has 0 unspecified atom stereocenters. The predicted molar refractivity (Wildman–Crippen MR) is 75.2 cm³/mol. The van der Waals surface area contributed by atoms with Crippen molar-refractivity contribution in [3.05, 3.63) is 36.2 Å². The molecule has 0 saturated heterocycles. The van der Waals surface area contributed by atoms with Gasteiger partial charge in [-0.3, -0.25) is 4.98 Å². The topological polar surface area (TPSA) is 76.5 Å². The average molecular weight is 275 g/mol. The number of anilines is 1. The van der Waals surface area contributed by atoms with Gasteiger partial charge < -0.3 is 19.9 Å². The second kappa shape index (κ2) is 6.72. The number of hydrogen-bond acceptors (Lipinski definition) is 6. The van der Waals surface area contributed by atoms with Crippen molar-refractivity contribution < 1.29 is 14.6 Å². The van der Waals surface area contributed by atoms with E-state index in [4.69, 9.17) is 14.6 Å². The van der Waals surface area contributed by atoms with Gasteiger partial charge >= 0.3 is 0 Å². The summed E-state index contributed by atoms with van der Waals surface area (Å²) in [5, 5.41) is 12.2. The van der Waals surface area contributed by atoms with E-state index in [1.165, 1.54) is 6.20 Å². The number of hydrogen-bond donors (Lipinski definition) is 2. The van der Waals surface area contributed by atoms with Crippen LogP contribution < -0.4 is 14.8 Å². The van der Waals surface area contributed by atoms with Crippen molar-refractivity contribution in [2.75, 3.05) is 19.0 Å². The van der Waals surface area contributed by atoms with Gasteiger partial charge in [0.15, 0.2) is 11.5 Å². The molecule has 20 heavy (non-hydrogen) atoms. The van der Waals surface area contributed by atoms with E-state index in [0.717, 1.165) is 12.1 Å². The molecule has 0 radical (unpaired) electrons. The molecule has 0 atom stereocenters. The van der Waals surface area contributed by atoms with E-state index >= 15 is 0 Å². The summed E-state index contributed by atoms with van der Waals surface area (Å²) in [4.78, 5) is 8.33. The Morgan fingerprint density at radius 3 is 2.80 bits per heavy atom. The van der Waals surface area contributed by atoms with E-state index in [2.05, 4.69) is 15.3 Å². The van der Waals surface area contributed by atoms with Gasteiger partial charge in [-0.2, -0.15) is 4.98 Å². The van der Waals surface area contributed by atoms with E-state index in [0.29, 0.717) is 23.2 Å². The van der Waals surface area contributed by atoms with Crippen LogP contribution in [-0.4, -0.2) is 28.7 Å². The zero-order chi connectivity index (χ0) is 14.4. The first-order chi connectivity index (χ1) is 9.76. The molecule has 6 heteroatoms. The smallest absolute Gasteiger partial charge is 0.240 e. The number of nitrogens with one attached hydrogen (secondary N) is 1. The van der Waals surface area contributed by atoms with Crippen LogP contribution in [0.2, 0.25) is 0 Å². The second-order valence-electron chi connectivity index (χ2n) is 4.02. The van der Waals surface area contributed by atoms with Crippen LogP contribution >= 0.6 is 0 Å². The van der Waals surface area contributed by atoms with Crippen molar-refractivity contribution >= 4 is 5.82 Å². The Morgan fingerprint density at radius 1 is 1.25 bits per heavy atom. The second-order valence-corrected chi connectivity index (χ2v) is 4.02. The molecule has 1 aromatic heterocycles. The van der Waals surface area contributed by atoms with Crippen LogP contribution in [0.3, 0.4) is 0 Å². The molecule has 0 spiro atoms. The van der Waals surface area contributed by atoms with Crippen molar-refractivity contribution in [3.63, 3.8) is 0 Å². The minimum atomic E-state index is -0.0493. The highest BCUT2D eigenvalue weighted by molar-refractivity contribution is 5.45. The van der Waals surface area contributed by atoms with Gasteiger partial charge in [-0.1, -0.05) is 6.07 Å². The third kappa shape index (κ3) is 3.36. The Morgan fingerprint density at radius 2 is 2.10 bits per heavy atom. The number of nitrogens with zero attached hydrogens (tertiary/aromatic N) is 2. The quantitative estimate of drug-likeness (QED) is 0.841. The molecular weight excluding hydrogens is 258 g/mol. The van der Waals surface area contributed by atoms with Gasteiger partial charge in [0.1, 0.15) is 5.82 Å². The molecule has 6 nitrogen and oxygen atoms in total. The number of aliphatic hydroxyl groups excluding tert-OH is 1. The highest BCUT2D eigenvalue weighted by Gasteiger charge is 2.08. The first-order valence-corrected chi connectivity index (χ1v) is 6.28. The summed E-state index contributed by atoms with van der Waals surface area (Å²) in [6.07, 6.45) is 3.16. The summed E-state index contributed by atoms with van der Waals surface area (Å²) in [7, 11) is 1.55. The number of rotatable bonds is 6. The zero-order valence-electron chi connectivity index (χ0n) is 11.5. The van der Waals surface area contributed by atoms with Crippen LogP contribution in [0, 0.1) is 0 Å². The maximum atomic E-state index is 9.11. The van der Waals surface area contributed by atoms with Gasteiger partial charge in [-0.15, -0.1) is 0 Å². The minimum Gasteiger partial charge on any atom is -0.493 e. The Kier molecular flexibility index (Phi) is 4.73. The molecule has 106 valence electrons. The highest BCUT2D eigenvalue weighted by atomic mass is 16.5. The molecular formula is C14H17N3O3. The van der Waals surface area contributed by atoms with Crippen LogP contribution in [0.25, 0.3) is 0 Å². The Labute approximate surface area is 117 Å². The van der Waals surface area contributed by atoms with Gasteiger partial charge in [0.05, 0.1) is 26.1 Å². The van der Waals surface area contributed by atoms with Gasteiger partial charge in [-0.25, -0.2) is 0 Å². The van der Waals surface area contributed by atoms with E-state index in [1.807, 2.05) is 6.92 Å². The van der Waals surface area contributed by atoms with Crippen molar-refractivity contribution in [1.29, 1.82) is 0 Å². The van der Waals surface area contributed by atoms with Gasteiger partial charge in [0, 0.05) is 6.54 Å². The molecule has 2 N–H and O–H groups in total. The maximum absolute atomic E-state index is 9.11. The summed E-state index contributed by atoms with van der Waals surface area (Å²) in [5.74, 6) is 2.08. The number of methoxy groups -OCH3 is 1. The predicted octanol–water partition coefficient (Wildman–Crippen LogP) is 2.20. The molecule has 0 aliphatic carbocycles. The first-order valence-electron chi connectivity index (χ1n) is 6.28. The number of aromatic nitrogens is 2. The lowest BCUT2D eigenvalue weighted by molar-refractivity contribution is 0.280. The zero-order valence-corrected chi connectivity index (χ0v) is 11.5. The van der Waals surface area contributed by atoms with E-state index in [-0.39, 0.29) is 6.61 Å². The fourth-order valence-electron chi connectivity index (χ4n) is 1.67. The van der Waals surface area contributed by atoms with Gasteiger partial charge in [-0.05, 0) is 24.6 Å². The molecule has 0 fully saturated rings. The lowest BCUT2D eigenvalue weighted by Crippen LogP contribution is -2.01. The van der Waals surface area contributed by atoms with Gasteiger partial charge in [0.2, 0.25) is 5.88 Å². The molecule has 1 aromatic carbocycles. The minimum absolute atomic E-state index is 0.0493. The molecule has 0 amide bonds. The number of benzene rings is 1. The van der Waals surface area contributed by atoms with Crippen LogP contribution in [0.1, 0.15) is 12.5 Å². The van der Waals surface area contributed by atoms with E-state index in [9.17, 15) is 0 Å². The fourth-order valence-corrected chi connectivity index (χ4v) is 1.67. The maximum Gasteiger partial charge on any atom is 0.240 e. The number of aliphatic hydroxyl groups is 1. The lowest BCUT2D eigenvalue weighted by Gasteiger charge is -2.11. The van der Waals surface area contributed by atoms with Crippen molar-refractivity contribution in [1.82, 2.24) is 9.97 Å². The van der Waals surface area contributed by atoms with E-state index < -0.39 is 0 Å². The largest absolute Gasteiger partial charge is 0.493 e.